The molecule has 1 aromatic heterocycles. The van der Waals surface area contributed by atoms with Crippen molar-refractivity contribution in [2.45, 2.75) is 13.5 Å². The Balaban J connectivity index is 2.35. The first-order valence-electron chi connectivity index (χ1n) is 8.71. The summed E-state index contributed by atoms with van der Waals surface area (Å²) in [4.78, 5) is 25.6. The zero-order chi connectivity index (χ0) is 22.0. The Morgan fingerprint density at radius 2 is 1.80 bits per heavy atom. The van der Waals surface area contributed by atoms with Crippen molar-refractivity contribution in [2.24, 2.45) is 0 Å². The Morgan fingerprint density at radius 3 is 2.37 bits per heavy atom. The number of rotatable bonds is 5. The molecule has 5 nitrogen and oxygen atoms in total. The van der Waals surface area contributed by atoms with Gasteiger partial charge in [-0.25, -0.2) is 9.18 Å². The number of pyridine rings is 1. The fourth-order valence-electron chi connectivity index (χ4n) is 2.92. The van der Waals surface area contributed by atoms with Gasteiger partial charge in [-0.2, -0.15) is 0 Å². The highest BCUT2D eigenvalue weighted by Crippen LogP contribution is 2.36. The molecule has 156 valence electrons. The van der Waals surface area contributed by atoms with Crippen LogP contribution in [-0.2, 0) is 11.3 Å². The average Bonchev–Trinajstić information content (AvgIpc) is 2.74. The molecule has 30 heavy (non-hydrogen) atoms. The van der Waals surface area contributed by atoms with Gasteiger partial charge in [0.1, 0.15) is 21.6 Å². The largest absolute Gasteiger partial charge is 0.465 e. The topological polar surface area (TPSA) is 57.5 Å². The molecule has 0 aliphatic rings. The monoisotopic (exact) mass is 513 g/mol. The highest BCUT2D eigenvalue weighted by atomic mass is 79.9. The molecule has 3 aromatic rings. The number of benzene rings is 2. The first-order valence-corrected chi connectivity index (χ1v) is 10.3. The van der Waals surface area contributed by atoms with Gasteiger partial charge in [0.05, 0.1) is 22.8 Å². The van der Waals surface area contributed by atoms with Gasteiger partial charge in [-0.1, -0.05) is 29.3 Å². The molecule has 0 radical (unpaired) electrons. The molecule has 0 bridgehead atoms. The van der Waals surface area contributed by atoms with Gasteiger partial charge < -0.3 is 14.0 Å². The maximum Gasteiger partial charge on any atom is 0.344 e. The van der Waals surface area contributed by atoms with Crippen molar-refractivity contribution in [1.82, 2.24) is 4.57 Å². The van der Waals surface area contributed by atoms with Crippen LogP contribution in [0.4, 0.5) is 4.39 Å². The smallest absolute Gasteiger partial charge is 0.344 e. The lowest BCUT2D eigenvalue weighted by molar-refractivity contribution is 0.0599. The van der Waals surface area contributed by atoms with E-state index in [-0.39, 0.29) is 26.6 Å². The van der Waals surface area contributed by atoms with Crippen LogP contribution in [0.1, 0.15) is 17.3 Å². The minimum absolute atomic E-state index is 0.0258. The van der Waals surface area contributed by atoms with E-state index in [1.54, 1.807) is 22.8 Å². The fourth-order valence-corrected chi connectivity index (χ4v) is 3.71. The average molecular weight is 515 g/mol. The zero-order valence-electron chi connectivity index (χ0n) is 15.8. The second kappa shape index (κ2) is 9.20. The van der Waals surface area contributed by atoms with Crippen LogP contribution in [0.25, 0.3) is 11.3 Å². The van der Waals surface area contributed by atoms with Crippen LogP contribution in [-0.4, -0.2) is 17.6 Å². The van der Waals surface area contributed by atoms with Crippen molar-refractivity contribution in [1.29, 1.82) is 0 Å². The molecule has 0 aliphatic carbocycles. The van der Waals surface area contributed by atoms with Gasteiger partial charge in [-0.05, 0) is 59.3 Å². The fraction of sp³-hybridized carbons (Fsp3) is 0.143. The van der Waals surface area contributed by atoms with E-state index in [1.807, 2.05) is 6.92 Å². The van der Waals surface area contributed by atoms with Crippen molar-refractivity contribution < 1.29 is 18.7 Å². The minimum Gasteiger partial charge on any atom is -0.465 e. The van der Waals surface area contributed by atoms with E-state index in [2.05, 4.69) is 15.9 Å². The van der Waals surface area contributed by atoms with E-state index >= 15 is 0 Å². The molecular formula is C21H15BrCl2FNO4. The zero-order valence-corrected chi connectivity index (χ0v) is 18.9. The Morgan fingerprint density at radius 1 is 1.13 bits per heavy atom. The van der Waals surface area contributed by atoms with E-state index in [4.69, 9.17) is 32.7 Å². The van der Waals surface area contributed by atoms with Gasteiger partial charge in [0.2, 0.25) is 11.3 Å². The highest BCUT2D eigenvalue weighted by molar-refractivity contribution is 9.10. The molecule has 2 aromatic carbocycles. The molecule has 0 saturated carbocycles. The molecule has 9 heteroatoms. The van der Waals surface area contributed by atoms with Gasteiger partial charge in [0.15, 0.2) is 0 Å². The summed E-state index contributed by atoms with van der Waals surface area (Å²) in [5, 5.41) is 0.578. The van der Waals surface area contributed by atoms with Crippen LogP contribution in [0.15, 0.2) is 51.7 Å². The Labute approximate surface area is 190 Å². The number of carbonyl (C=O) groups excluding carboxylic acids is 1. The number of carbonyl (C=O) groups is 1. The second-order valence-electron chi connectivity index (χ2n) is 6.09. The van der Waals surface area contributed by atoms with Gasteiger partial charge >= 0.3 is 5.97 Å². The molecule has 0 unspecified atom stereocenters. The van der Waals surface area contributed by atoms with Crippen LogP contribution in [0.5, 0.6) is 11.6 Å². The summed E-state index contributed by atoms with van der Waals surface area (Å²) in [5.41, 5.74) is -0.0748. The molecule has 0 fully saturated rings. The molecule has 0 amide bonds. The molecule has 0 N–H and O–H groups in total. The molecule has 0 spiro atoms. The summed E-state index contributed by atoms with van der Waals surface area (Å²) >= 11 is 15.4. The lowest BCUT2D eigenvalue weighted by Gasteiger charge is -2.21. The lowest BCUT2D eigenvalue weighted by Crippen LogP contribution is -2.24. The number of halogens is 4. The third-order valence-electron chi connectivity index (χ3n) is 4.29. The van der Waals surface area contributed by atoms with Crippen molar-refractivity contribution in [3.63, 3.8) is 0 Å². The van der Waals surface area contributed by atoms with E-state index in [0.717, 1.165) is 0 Å². The van der Waals surface area contributed by atoms with E-state index in [9.17, 15) is 14.0 Å². The number of hydrogen-bond acceptors (Lipinski definition) is 4. The molecule has 0 saturated heterocycles. The SMILES string of the molecule is CCn1c(Oc2ccc(F)cc2)c(Br)c(=O)c(C(=O)OC)c1-c1ccc(Cl)c(Cl)c1. The summed E-state index contributed by atoms with van der Waals surface area (Å²) in [6, 6.07) is 10.1. The van der Waals surface area contributed by atoms with Crippen LogP contribution >= 0.6 is 39.1 Å². The normalized spacial score (nSPS) is 10.7. The summed E-state index contributed by atoms with van der Waals surface area (Å²) < 4.78 is 25.6. The Bertz CT molecular complexity index is 1180. The predicted molar refractivity (Wildman–Crippen MR) is 117 cm³/mol. The molecule has 0 atom stereocenters. The van der Waals surface area contributed by atoms with Gasteiger partial charge in [-0.3, -0.25) is 4.79 Å². The predicted octanol–water partition coefficient (Wildman–Crippen LogP) is 6.32. The first-order chi connectivity index (χ1) is 14.3. The van der Waals surface area contributed by atoms with Crippen LogP contribution in [0, 0.1) is 5.82 Å². The van der Waals surface area contributed by atoms with Crippen molar-refractivity contribution in [2.75, 3.05) is 7.11 Å². The molecule has 3 rings (SSSR count). The Kier molecular flexibility index (Phi) is 6.85. The number of aromatic nitrogens is 1. The number of esters is 1. The molecule has 1 heterocycles. The van der Waals surface area contributed by atoms with Gasteiger partial charge in [0, 0.05) is 12.1 Å². The number of ether oxygens (including phenoxy) is 2. The Hall–Kier alpha value is -2.35. The highest BCUT2D eigenvalue weighted by Gasteiger charge is 2.27. The number of nitrogens with zero attached hydrogens (tertiary/aromatic N) is 1. The van der Waals surface area contributed by atoms with Crippen molar-refractivity contribution in [3.05, 3.63) is 78.6 Å². The quantitative estimate of drug-likeness (QED) is 0.374. The lowest BCUT2D eigenvalue weighted by atomic mass is 10.0. The van der Waals surface area contributed by atoms with Crippen molar-refractivity contribution in [3.8, 4) is 22.9 Å². The molecule has 0 aliphatic heterocycles. The second-order valence-corrected chi connectivity index (χ2v) is 7.70. The summed E-state index contributed by atoms with van der Waals surface area (Å²) in [7, 11) is 1.19. The number of methoxy groups -OCH3 is 1. The van der Waals surface area contributed by atoms with Crippen LogP contribution in [0.3, 0.4) is 0 Å². The third kappa shape index (κ3) is 4.24. The summed E-state index contributed by atoms with van der Waals surface area (Å²) in [6.45, 7) is 2.14. The molecular weight excluding hydrogens is 500 g/mol. The van der Waals surface area contributed by atoms with Crippen molar-refractivity contribution >= 4 is 45.1 Å². The number of hydrogen-bond donors (Lipinski definition) is 0. The van der Waals surface area contributed by atoms with E-state index in [1.165, 1.54) is 31.4 Å². The standard InChI is InChI=1S/C21H15BrCl2FNO4/c1-3-26-18(11-4-9-14(23)15(24)10-11)16(21(28)29-2)19(27)17(22)20(26)30-13-7-5-12(25)6-8-13/h4-10H,3H2,1-2H3. The summed E-state index contributed by atoms with van der Waals surface area (Å²) in [5.74, 6) is -0.781. The first kappa shape index (κ1) is 22.3. The van der Waals surface area contributed by atoms with E-state index < -0.39 is 17.2 Å². The van der Waals surface area contributed by atoms with Crippen LogP contribution < -0.4 is 10.2 Å². The maximum absolute atomic E-state index is 13.3. The summed E-state index contributed by atoms with van der Waals surface area (Å²) in [6.07, 6.45) is 0. The third-order valence-corrected chi connectivity index (χ3v) is 5.73. The maximum atomic E-state index is 13.3. The van der Waals surface area contributed by atoms with E-state index in [0.29, 0.717) is 22.9 Å². The van der Waals surface area contributed by atoms with Gasteiger partial charge in [0.25, 0.3) is 0 Å². The van der Waals surface area contributed by atoms with Gasteiger partial charge in [-0.15, -0.1) is 0 Å². The van der Waals surface area contributed by atoms with Crippen LogP contribution in [0.2, 0.25) is 10.0 Å². The minimum atomic E-state index is -0.808.